The number of halogens is 4. The Morgan fingerprint density at radius 3 is 1.95 bits per heavy atom. The van der Waals surface area contributed by atoms with Crippen LogP contribution in [-0.2, 0) is 74.4 Å². The first-order valence-electron chi connectivity index (χ1n) is 25.5. The van der Waals surface area contributed by atoms with Crippen molar-refractivity contribution in [2.45, 2.75) is 94.0 Å². The SMILES string of the molecule is COCCOCCOCCOCCN(CCCS(=O)(=O)O)C1=CC2OC(C=CC=C3N(CCCCCC(=O)Oc4c(F)c(F)c(S(=O)(=O)O)c(F)c4F)c4ccc(S(=O)(=O)O)cc4C3(C)CCCS(=O)(=O)O)=CC(C(C)(C)C)=C2C=C1. The van der Waals surface area contributed by atoms with E-state index in [0.29, 0.717) is 68.0 Å². The lowest BCUT2D eigenvalue weighted by Gasteiger charge is -2.35. The molecule has 2 aliphatic heterocycles. The maximum atomic E-state index is 14.6. The Bertz CT molecular complexity index is 3240. The van der Waals surface area contributed by atoms with Crippen molar-refractivity contribution in [2.75, 3.05) is 89.4 Å². The van der Waals surface area contributed by atoms with Crippen molar-refractivity contribution >= 4 is 52.1 Å². The number of fused-ring (bicyclic) bond motifs is 2. The molecule has 0 saturated heterocycles. The van der Waals surface area contributed by atoms with E-state index in [-0.39, 0.29) is 64.8 Å². The molecular weight excluding hydrogens is 1160 g/mol. The second-order valence-corrected chi connectivity index (χ2v) is 26.1. The van der Waals surface area contributed by atoms with Crippen LogP contribution in [0, 0.1) is 28.7 Å². The quantitative estimate of drug-likeness (QED) is 0.0138. The summed E-state index contributed by atoms with van der Waals surface area (Å²) >= 11 is 0. The molecule has 0 amide bonds. The lowest BCUT2D eigenvalue weighted by Crippen LogP contribution is -2.32. The zero-order valence-electron chi connectivity index (χ0n) is 45.2. The van der Waals surface area contributed by atoms with Gasteiger partial charge in [-0.1, -0.05) is 39.3 Å². The van der Waals surface area contributed by atoms with Gasteiger partial charge in [-0.3, -0.25) is 23.0 Å². The van der Waals surface area contributed by atoms with Gasteiger partial charge in [0.25, 0.3) is 30.4 Å². The van der Waals surface area contributed by atoms with Crippen LogP contribution in [0.4, 0.5) is 23.2 Å². The van der Waals surface area contributed by atoms with E-state index >= 15 is 0 Å². The number of benzene rings is 2. The zero-order chi connectivity index (χ0) is 60.1. The van der Waals surface area contributed by atoms with E-state index in [2.05, 4.69) is 4.74 Å². The minimum Gasteiger partial charge on any atom is -0.482 e. The van der Waals surface area contributed by atoms with Gasteiger partial charge in [-0.05, 0) is 104 Å². The van der Waals surface area contributed by atoms with Crippen molar-refractivity contribution < 1.29 is 103 Å². The molecule has 0 aromatic heterocycles. The topological polar surface area (TPSA) is 296 Å². The van der Waals surface area contributed by atoms with E-state index in [1.54, 1.807) is 37.2 Å². The van der Waals surface area contributed by atoms with Crippen LogP contribution in [0.3, 0.4) is 0 Å². The predicted octanol–water partition coefficient (Wildman–Crippen LogP) is 7.44. The standard InChI is InChI=1S/C52H68F4N2O19S4/c1-51(2,3)39-33-36(76-42-32-35(15-17-38(39)42)57(20-11-31-79(63,64)65)22-23-73-26-27-75-29-28-74-25-24-72-5)12-9-13-43-52(4,19-10-30-78(60,61)62)40-34-37(80(66,67)68)16-18-41(40)58(43)21-8-6-7-14-44(59)77-49-45(53)47(55)50(81(69,70)71)48(56)46(49)54/h9,12-13,15-18,32-34,42H,6-8,10-11,14,19-31H2,1-5H3,(H,60,61,62)(H,63,64,65)(H,66,67,68)(H,69,70,71). The van der Waals surface area contributed by atoms with Gasteiger partial charge in [0.15, 0.2) is 16.5 Å². The number of allylic oxidation sites excluding steroid dienone is 7. The molecule has 4 N–H and O–H groups in total. The third-order valence-corrected chi connectivity index (χ3v) is 16.5. The van der Waals surface area contributed by atoms with Crippen LogP contribution in [0.25, 0.3) is 0 Å². The van der Waals surface area contributed by atoms with Gasteiger partial charge in [0, 0.05) is 61.2 Å². The summed E-state index contributed by atoms with van der Waals surface area (Å²) in [6.07, 6.45) is 11.8. The number of esters is 1. The number of hydrogen-bond acceptors (Lipinski definition) is 17. The molecule has 21 nitrogen and oxygen atoms in total. The van der Waals surface area contributed by atoms with Gasteiger partial charge in [0.2, 0.25) is 17.4 Å². The number of hydrogen-bond donors (Lipinski definition) is 4. The number of methoxy groups -OCH3 is 1. The van der Waals surface area contributed by atoms with E-state index in [9.17, 15) is 69.7 Å². The minimum atomic E-state index is -5.77. The second-order valence-electron chi connectivity index (χ2n) is 20.2. The number of carbonyl (C=O) groups excluding carboxylic acids is 1. The van der Waals surface area contributed by atoms with E-state index in [0.717, 1.165) is 11.1 Å². The molecule has 2 unspecified atom stereocenters. The third-order valence-electron chi connectivity index (χ3n) is 13.1. The highest BCUT2D eigenvalue weighted by Crippen LogP contribution is 2.51. The molecule has 0 saturated carbocycles. The van der Waals surface area contributed by atoms with Gasteiger partial charge in [0.05, 0.1) is 62.6 Å². The second kappa shape index (κ2) is 28.5. The lowest BCUT2D eigenvalue weighted by atomic mass is 9.77. The van der Waals surface area contributed by atoms with Crippen LogP contribution in [0.15, 0.2) is 98.8 Å². The summed E-state index contributed by atoms with van der Waals surface area (Å²) in [4.78, 5) is 13.6. The van der Waals surface area contributed by atoms with Crippen LogP contribution in [-0.4, -0.2) is 153 Å². The normalized spacial score (nSPS) is 18.3. The molecule has 0 bridgehead atoms. The zero-order valence-corrected chi connectivity index (χ0v) is 48.5. The molecule has 81 heavy (non-hydrogen) atoms. The molecule has 0 fully saturated rings. The fraction of sp³-hybridized carbons (Fsp3) is 0.519. The van der Waals surface area contributed by atoms with Crippen molar-refractivity contribution in [3.8, 4) is 5.75 Å². The summed E-state index contributed by atoms with van der Waals surface area (Å²) in [7, 11) is -17.7. The Hall–Kier alpha value is -5.05. The molecule has 29 heteroatoms. The first-order chi connectivity index (χ1) is 37.8. The predicted molar refractivity (Wildman–Crippen MR) is 288 cm³/mol. The van der Waals surface area contributed by atoms with Crippen molar-refractivity contribution in [1.29, 1.82) is 0 Å². The molecule has 1 aliphatic carbocycles. The largest absolute Gasteiger partial charge is 0.482 e. The Balaban J connectivity index is 1.41. The van der Waals surface area contributed by atoms with Gasteiger partial charge in [-0.25, -0.2) is 8.78 Å². The average molecular weight is 1230 g/mol. The summed E-state index contributed by atoms with van der Waals surface area (Å²) in [6.45, 7) is 11.0. The molecule has 5 rings (SSSR count). The van der Waals surface area contributed by atoms with E-state index in [1.807, 2.05) is 50.0 Å². The third kappa shape index (κ3) is 19.0. The molecule has 2 heterocycles. The van der Waals surface area contributed by atoms with Gasteiger partial charge in [0.1, 0.15) is 11.9 Å². The van der Waals surface area contributed by atoms with Crippen molar-refractivity contribution in [3.05, 3.63) is 118 Å². The number of rotatable bonds is 32. The number of unbranched alkanes of at least 4 members (excludes halogenated alkanes) is 2. The summed E-state index contributed by atoms with van der Waals surface area (Å²) < 4.78 is 224. The molecule has 452 valence electrons. The minimum absolute atomic E-state index is 0.0162. The van der Waals surface area contributed by atoms with E-state index in [4.69, 9.17) is 28.2 Å². The monoisotopic (exact) mass is 1230 g/mol. The average Bonchev–Trinajstić information content (AvgIpc) is 3.74. The van der Waals surface area contributed by atoms with Crippen LogP contribution >= 0.6 is 0 Å². The van der Waals surface area contributed by atoms with Crippen molar-refractivity contribution in [2.24, 2.45) is 5.41 Å². The first-order valence-corrected chi connectivity index (χ1v) is 31.6. The van der Waals surface area contributed by atoms with Gasteiger partial charge >= 0.3 is 16.1 Å². The highest BCUT2D eigenvalue weighted by Gasteiger charge is 2.44. The molecule has 0 radical (unpaired) electrons. The number of ether oxygens (including phenoxy) is 6. The molecule has 3 aliphatic rings. The molecule has 2 aromatic carbocycles. The molecule has 2 aromatic rings. The first kappa shape index (κ1) is 66.7. The molecule has 2 atom stereocenters. The Kier molecular flexibility index (Phi) is 23.5. The van der Waals surface area contributed by atoms with Crippen LogP contribution in [0.1, 0.15) is 78.2 Å². The maximum Gasteiger partial charge on any atom is 0.311 e. The Labute approximate surface area is 469 Å². The van der Waals surface area contributed by atoms with Gasteiger partial charge in [-0.2, -0.15) is 42.5 Å². The smallest absolute Gasteiger partial charge is 0.311 e. The highest BCUT2D eigenvalue weighted by molar-refractivity contribution is 7.86. The van der Waals surface area contributed by atoms with Crippen LogP contribution in [0.2, 0.25) is 0 Å². The van der Waals surface area contributed by atoms with Crippen molar-refractivity contribution in [1.82, 2.24) is 4.90 Å². The van der Waals surface area contributed by atoms with Crippen LogP contribution in [0.5, 0.6) is 5.75 Å². The van der Waals surface area contributed by atoms with E-state index < -0.39 is 120 Å². The summed E-state index contributed by atoms with van der Waals surface area (Å²) in [5, 5.41) is 0. The van der Waals surface area contributed by atoms with E-state index in [1.165, 1.54) is 18.2 Å². The highest BCUT2D eigenvalue weighted by atomic mass is 32.2. The Morgan fingerprint density at radius 2 is 1.37 bits per heavy atom. The number of carbonyl (C=O) groups is 1. The number of nitrogens with zero attached hydrogens (tertiary/aromatic N) is 2. The van der Waals surface area contributed by atoms with Gasteiger partial charge < -0.3 is 38.2 Å². The summed E-state index contributed by atoms with van der Waals surface area (Å²) in [6, 6.07) is 3.87. The molecular formula is C52H68F4N2O19S4. The fourth-order valence-electron chi connectivity index (χ4n) is 9.26. The van der Waals surface area contributed by atoms with Crippen LogP contribution < -0.4 is 9.64 Å². The lowest BCUT2D eigenvalue weighted by molar-refractivity contribution is -0.135. The van der Waals surface area contributed by atoms with Gasteiger partial charge in [-0.15, -0.1) is 0 Å². The summed E-state index contributed by atoms with van der Waals surface area (Å²) in [5.74, 6) is -13.7. The van der Waals surface area contributed by atoms with Crippen molar-refractivity contribution in [3.63, 3.8) is 0 Å². The Morgan fingerprint density at radius 1 is 0.765 bits per heavy atom. The maximum absolute atomic E-state index is 14.6. The molecule has 0 spiro atoms. The summed E-state index contributed by atoms with van der Waals surface area (Å²) in [5.41, 5.74) is 2.12. The number of anilines is 1. The fourth-order valence-corrected chi connectivity index (χ4v) is 11.4.